The maximum absolute atomic E-state index is 5.86. The molecule has 0 spiro atoms. The molecule has 0 saturated carbocycles. The number of pyridine rings is 1. The van der Waals surface area contributed by atoms with Crippen LogP contribution in [0.4, 0.5) is 5.82 Å². The normalized spacial score (nSPS) is 25.0. The minimum Gasteiger partial charge on any atom is -0.381 e. The summed E-state index contributed by atoms with van der Waals surface area (Å²) in [4.78, 5) is 6.71. The number of nitrogens with zero attached hydrogens (tertiary/aromatic N) is 2. The molecule has 2 atom stereocenters. The third-order valence-electron chi connectivity index (χ3n) is 3.28. The van der Waals surface area contributed by atoms with Gasteiger partial charge in [-0.1, -0.05) is 0 Å². The zero-order chi connectivity index (χ0) is 12.3. The third-order valence-corrected chi connectivity index (χ3v) is 3.90. The summed E-state index contributed by atoms with van der Waals surface area (Å²) in [7, 11) is 1.77. The van der Waals surface area contributed by atoms with Gasteiger partial charge in [-0.25, -0.2) is 4.98 Å². The van der Waals surface area contributed by atoms with Crippen molar-refractivity contribution >= 4 is 21.7 Å². The van der Waals surface area contributed by atoms with Crippen LogP contribution >= 0.6 is 15.9 Å². The Kier molecular flexibility index (Phi) is 4.36. The molecule has 2 N–H and O–H groups in total. The van der Waals surface area contributed by atoms with Crippen LogP contribution in [0.3, 0.4) is 0 Å². The van der Waals surface area contributed by atoms with E-state index < -0.39 is 0 Å². The smallest absolute Gasteiger partial charge is 0.143 e. The average Bonchev–Trinajstić information content (AvgIpc) is 2.38. The molecule has 1 aromatic rings. The molecule has 0 aliphatic carbocycles. The van der Waals surface area contributed by atoms with Crippen molar-refractivity contribution in [3.63, 3.8) is 0 Å². The van der Waals surface area contributed by atoms with E-state index in [0.717, 1.165) is 29.7 Å². The van der Waals surface area contributed by atoms with Gasteiger partial charge in [0, 0.05) is 32.4 Å². The van der Waals surface area contributed by atoms with E-state index in [1.165, 1.54) is 0 Å². The minimum atomic E-state index is 0.305. The Morgan fingerprint density at radius 1 is 1.65 bits per heavy atom. The Labute approximate surface area is 110 Å². The highest BCUT2D eigenvalue weighted by Gasteiger charge is 2.29. The molecule has 0 amide bonds. The minimum absolute atomic E-state index is 0.305. The topological polar surface area (TPSA) is 51.4 Å². The summed E-state index contributed by atoms with van der Waals surface area (Å²) in [6, 6.07) is 4.24. The summed E-state index contributed by atoms with van der Waals surface area (Å²) in [6.45, 7) is 1.57. The number of halogens is 1. The van der Waals surface area contributed by atoms with Crippen molar-refractivity contribution in [1.29, 1.82) is 0 Å². The van der Waals surface area contributed by atoms with E-state index in [-0.39, 0.29) is 0 Å². The second-order valence-electron chi connectivity index (χ2n) is 4.27. The second-order valence-corrected chi connectivity index (χ2v) is 5.13. The van der Waals surface area contributed by atoms with E-state index in [0.29, 0.717) is 18.7 Å². The molecule has 94 valence electrons. The molecule has 0 aromatic carbocycles. The SMILES string of the molecule is COC1CCN(c2ncccc2Br)C(CN)C1. The molecule has 5 heteroatoms. The quantitative estimate of drug-likeness (QED) is 0.924. The molecule has 1 aliphatic rings. The number of aromatic nitrogens is 1. The van der Waals surface area contributed by atoms with E-state index in [4.69, 9.17) is 10.5 Å². The zero-order valence-corrected chi connectivity index (χ0v) is 11.6. The zero-order valence-electron chi connectivity index (χ0n) is 9.97. The number of anilines is 1. The van der Waals surface area contributed by atoms with Crippen molar-refractivity contribution in [3.8, 4) is 0 Å². The summed E-state index contributed by atoms with van der Waals surface area (Å²) in [5, 5.41) is 0. The highest BCUT2D eigenvalue weighted by molar-refractivity contribution is 9.10. The van der Waals surface area contributed by atoms with Crippen molar-refractivity contribution < 1.29 is 4.74 Å². The largest absolute Gasteiger partial charge is 0.381 e. The van der Waals surface area contributed by atoms with Crippen LogP contribution in [-0.4, -0.2) is 37.3 Å². The second kappa shape index (κ2) is 5.80. The van der Waals surface area contributed by atoms with E-state index in [1.54, 1.807) is 7.11 Å². The lowest BCUT2D eigenvalue weighted by atomic mass is 9.99. The summed E-state index contributed by atoms with van der Waals surface area (Å²) < 4.78 is 6.45. The number of methoxy groups -OCH3 is 1. The predicted octanol–water partition coefficient (Wildman–Crippen LogP) is 1.79. The van der Waals surface area contributed by atoms with E-state index >= 15 is 0 Å². The lowest BCUT2D eigenvalue weighted by Crippen LogP contribution is -2.49. The Hall–Kier alpha value is -0.650. The third kappa shape index (κ3) is 2.78. The molecule has 17 heavy (non-hydrogen) atoms. The Morgan fingerprint density at radius 3 is 3.12 bits per heavy atom. The fourth-order valence-electron chi connectivity index (χ4n) is 2.32. The number of rotatable bonds is 3. The lowest BCUT2D eigenvalue weighted by Gasteiger charge is -2.39. The number of nitrogens with two attached hydrogens (primary N) is 1. The van der Waals surface area contributed by atoms with Crippen LogP contribution in [0.2, 0.25) is 0 Å². The van der Waals surface area contributed by atoms with Crippen molar-refractivity contribution in [2.24, 2.45) is 5.73 Å². The Bertz CT molecular complexity index is 375. The first-order valence-electron chi connectivity index (χ1n) is 5.86. The van der Waals surface area contributed by atoms with Gasteiger partial charge in [-0.3, -0.25) is 0 Å². The van der Waals surface area contributed by atoms with Gasteiger partial charge in [-0.05, 0) is 40.9 Å². The van der Waals surface area contributed by atoms with Gasteiger partial charge in [0.2, 0.25) is 0 Å². The van der Waals surface area contributed by atoms with Crippen LogP contribution in [0.15, 0.2) is 22.8 Å². The molecule has 1 aliphatic heterocycles. The number of piperidine rings is 1. The van der Waals surface area contributed by atoms with Crippen LogP contribution in [0.25, 0.3) is 0 Å². The van der Waals surface area contributed by atoms with Crippen molar-refractivity contribution in [2.45, 2.75) is 25.0 Å². The van der Waals surface area contributed by atoms with Gasteiger partial charge in [0.05, 0.1) is 10.6 Å². The van der Waals surface area contributed by atoms with E-state index in [2.05, 4.69) is 25.8 Å². The molecule has 2 rings (SSSR count). The molecule has 1 aromatic heterocycles. The fourth-order valence-corrected chi connectivity index (χ4v) is 2.80. The number of hydrogen-bond donors (Lipinski definition) is 1. The summed E-state index contributed by atoms with van der Waals surface area (Å²) >= 11 is 3.54. The Balaban J connectivity index is 2.18. The van der Waals surface area contributed by atoms with Crippen LogP contribution in [0.1, 0.15) is 12.8 Å². The van der Waals surface area contributed by atoms with Gasteiger partial charge < -0.3 is 15.4 Å². The molecule has 4 nitrogen and oxygen atoms in total. The van der Waals surface area contributed by atoms with Gasteiger partial charge in [0.1, 0.15) is 5.82 Å². The number of ether oxygens (including phenoxy) is 1. The van der Waals surface area contributed by atoms with Crippen LogP contribution in [0, 0.1) is 0 Å². The first kappa shape index (κ1) is 12.8. The highest BCUT2D eigenvalue weighted by Crippen LogP contribution is 2.29. The maximum Gasteiger partial charge on any atom is 0.143 e. The standard InChI is InChI=1S/C12H18BrN3O/c1-17-10-4-6-16(9(7-10)8-14)12-11(13)3-2-5-15-12/h2-3,5,9-10H,4,6-8,14H2,1H3. The highest BCUT2D eigenvalue weighted by atomic mass is 79.9. The maximum atomic E-state index is 5.86. The van der Waals surface area contributed by atoms with E-state index in [9.17, 15) is 0 Å². The molecule has 2 unspecified atom stereocenters. The van der Waals surface area contributed by atoms with Crippen molar-refractivity contribution in [3.05, 3.63) is 22.8 Å². The van der Waals surface area contributed by atoms with Crippen LogP contribution in [0.5, 0.6) is 0 Å². The van der Waals surface area contributed by atoms with Crippen LogP contribution < -0.4 is 10.6 Å². The molecular weight excluding hydrogens is 282 g/mol. The average molecular weight is 300 g/mol. The summed E-state index contributed by atoms with van der Waals surface area (Å²) in [5.74, 6) is 0.984. The molecule has 1 fully saturated rings. The van der Waals surface area contributed by atoms with E-state index in [1.807, 2.05) is 18.3 Å². The van der Waals surface area contributed by atoms with Gasteiger partial charge in [0.25, 0.3) is 0 Å². The molecule has 0 bridgehead atoms. The monoisotopic (exact) mass is 299 g/mol. The summed E-state index contributed by atoms with van der Waals surface area (Å²) in [6.07, 6.45) is 4.13. The van der Waals surface area contributed by atoms with Gasteiger partial charge in [0.15, 0.2) is 0 Å². The first-order valence-corrected chi connectivity index (χ1v) is 6.65. The van der Waals surface area contributed by atoms with Gasteiger partial charge in [-0.15, -0.1) is 0 Å². The molecular formula is C12H18BrN3O. The summed E-state index contributed by atoms with van der Waals surface area (Å²) in [5.41, 5.74) is 5.86. The van der Waals surface area contributed by atoms with Crippen molar-refractivity contribution in [1.82, 2.24) is 4.98 Å². The van der Waals surface area contributed by atoms with Crippen LogP contribution in [-0.2, 0) is 4.74 Å². The fraction of sp³-hybridized carbons (Fsp3) is 0.583. The Morgan fingerprint density at radius 2 is 2.47 bits per heavy atom. The van der Waals surface area contributed by atoms with Gasteiger partial charge >= 0.3 is 0 Å². The predicted molar refractivity (Wildman–Crippen MR) is 72.2 cm³/mol. The number of hydrogen-bond acceptors (Lipinski definition) is 4. The van der Waals surface area contributed by atoms with Gasteiger partial charge in [-0.2, -0.15) is 0 Å². The lowest BCUT2D eigenvalue weighted by molar-refractivity contribution is 0.0707. The molecule has 2 heterocycles. The first-order chi connectivity index (χ1) is 8.26. The molecule has 1 saturated heterocycles. The van der Waals surface area contributed by atoms with Crippen molar-refractivity contribution in [2.75, 3.05) is 25.1 Å². The molecule has 0 radical (unpaired) electrons.